The minimum absolute atomic E-state index is 0.131. The number of aliphatic hydroxyl groups is 1. The zero-order valence-electron chi connectivity index (χ0n) is 6.59. The molecular formula is C8H17NO. The van der Waals surface area contributed by atoms with Crippen LogP contribution < -0.4 is 5.73 Å². The highest BCUT2D eigenvalue weighted by atomic mass is 16.3. The third kappa shape index (κ3) is 1.70. The normalized spacial score (nSPS) is 37.5. The molecule has 0 amide bonds. The molecule has 0 aromatic carbocycles. The molecule has 3 atom stereocenters. The van der Waals surface area contributed by atoms with Gasteiger partial charge in [-0.2, -0.15) is 0 Å². The van der Waals surface area contributed by atoms with Crippen molar-refractivity contribution in [2.45, 2.75) is 44.8 Å². The zero-order chi connectivity index (χ0) is 7.56. The van der Waals surface area contributed by atoms with E-state index in [1.807, 2.05) is 6.92 Å². The lowest BCUT2D eigenvalue weighted by molar-refractivity contribution is 0.0592. The Morgan fingerprint density at radius 3 is 2.40 bits per heavy atom. The van der Waals surface area contributed by atoms with Gasteiger partial charge in [0.1, 0.15) is 0 Å². The molecular weight excluding hydrogens is 126 g/mol. The van der Waals surface area contributed by atoms with Gasteiger partial charge in [0.2, 0.25) is 0 Å². The van der Waals surface area contributed by atoms with Crippen molar-refractivity contribution < 1.29 is 5.11 Å². The van der Waals surface area contributed by atoms with Crippen LogP contribution in [0, 0.1) is 5.92 Å². The second kappa shape index (κ2) is 3.35. The zero-order valence-corrected chi connectivity index (χ0v) is 6.59. The van der Waals surface area contributed by atoms with E-state index in [0.29, 0.717) is 5.92 Å². The quantitative estimate of drug-likeness (QED) is 0.572. The first-order chi connectivity index (χ1) is 4.72. The number of hydrogen-bond donors (Lipinski definition) is 2. The van der Waals surface area contributed by atoms with E-state index < -0.39 is 0 Å². The summed E-state index contributed by atoms with van der Waals surface area (Å²) in [6.07, 6.45) is 4.34. The second-order valence-electron chi connectivity index (χ2n) is 3.37. The topological polar surface area (TPSA) is 46.2 Å². The summed E-state index contributed by atoms with van der Waals surface area (Å²) in [7, 11) is 0. The van der Waals surface area contributed by atoms with Crippen LogP contribution in [0.15, 0.2) is 0 Å². The van der Waals surface area contributed by atoms with E-state index in [0.717, 1.165) is 12.8 Å². The Bertz CT molecular complexity index is 103. The molecule has 1 saturated carbocycles. The Morgan fingerprint density at radius 1 is 1.40 bits per heavy atom. The van der Waals surface area contributed by atoms with Crippen molar-refractivity contribution in [3.8, 4) is 0 Å². The molecule has 3 N–H and O–H groups in total. The van der Waals surface area contributed by atoms with Crippen molar-refractivity contribution in [1.29, 1.82) is 0 Å². The summed E-state index contributed by atoms with van der Waals surface area (Å²) >= 11 is 0. The summed E-state index contributed by atoms with van der Waals surface area (Å²) < 4.78 is 0. The van der Waals surface area contributed by atoms with Crippen LogP contribution in [-0.2, 0) is 0 Å². The monoisotopic (exact) mass is 143 g/mol. The summed E-state index contributed by atoms with van der Waals surface area (Å²) in [5.41, 5.74) is 5.70. The van der Waals surface area contributed by atoms with Gasteiger partial charge in [-0.15, -0.1) is 0 Å². The molecule has 2 heteroatoms. The lowest BCUT2D eigenvalue weighted by atomic mass is 9.82. The van der Waals surface area contributed by atoms with Gasteiger partial charge in [-0.1, -0.05) is 12.8 Å². The van der Waals surface area contributed by atoms with Crippen LogP contribution in [0.3, 0.4) is 0 Å². The summed E-state index contributed by atoms with van der Waals surface area (Å²) in [5.74, 6) is 0.355. The van der Waals surface area contributed by atoms with E-state index in [2.05, 4.69) is 0 Å². The van der Waals surface area contributed by atoms with Crippen molar-refractivity contribution in [2.75, 3.05) is 0 Å². The Balaban J connectivity index is 2.40. The van der Waals surface area contributed by atoms with Gasteiger partial charge < -0.3 is 10.8 Å². The van der Waals surface area contributed by atoms with Crippen molar-refractivity contribution in [3.63, 3.8) is 0 Å². The SMILES string of the molecule is CC(N)C1CCCCC1O. The maximum Gasteiger partial charge on any atom is 0.0583 e. The maximum absolute atomic E-state index is 9.46. The third-order valence-corrected chi connectivity index (χ3v) is 2.46. The minimum Gasteiger partial charge on any atom is -0.393 e. The molecule has 0 saturated heterocycles. The molecule has 0 aromatic heterocycles. The average molecular weight is 143 g/mol. The summed E-state index contributed by atoms with van der Waals surface area (Å²) in [6, 6.07) is 0.162. The van der Waals surface area contributed by atoms with Crippen LogP contribution in [0.4, 0.5) is 0 Å². The fourth-order valence-corrected chi connectivity index (χ4v) is 1.75. The number of nitrogens with two attached hydrogens (primary N) is 1. The van der Waals surface area contributed by atoms with E-state index >= 15 is 0 Å². The fourth-order valence-electron chi connectivity index (χ4n) is 1.75. The Kier molecular flexibility index (Phi) is 2.69. The predicted molar refractivity (Wildman–Crippen MR) is 41.6 cm³/mol. The molecule has 0 bridgehead atoms. The van der Waals surface area contributed by atoms with Gasteiger partial charge in [0, 0.05) is 6.04 Å². The molecule has 3 unspecified atom stereocenters. The summed E-state index contributed by atoms with van der Waals surface area (Å²) in [5, 5.41) is 9.46. The number of hydrogen-bond acceptors (Lipinski definition) is 2. The summed E-state index contributed by atoms with van der Waals surface area (Å²) in [6.45, 7) is 1.99. The fraction of sp³-hybridized carbons (Fsp3) is 1.00. The molecule has 0 aliphatic heterocycles. The average Bonchev–Trinajstić information content (AvgIpc) is 1.88. The van der Waals surface area contributed by atoms with Crippen molar-refractivity contribution in [1.82, 2.24) is 0 Å². The number of rotatable bonds is 1. The van der Waals surface area contributed by atoms with Crippen LogP contribution in [-0.4, -0.2) is 17.3 Å². The first-order valence-corrected chi connectivity index (χ1v) is 4.15. The van der Waals surface area contributed by atoms with E-state index in [1.54, 1.807) is 0 Å². The van der Waals surface area contributed by atoms with E-state index in [4.69, 9.17) is 5.73 Å². The maximum atomic E-state index is 9.46. The summed E-state index contributed by atoms with van der Waals surface area (Å²) in [4.78, 5) is 0. The van der Waals surface area contributed by atoms with Crippen LogP contribution in [0.1, 0.15) is 32.6 Å². The lowest BCUT2D eigenvalue weighted by Gasteiger charge is -2.30. The molecule has 10 heavy (non-hydrogen) atoms. The first-order valence-electron chi connectivity index (χ1n) is 4.15. The van der Waals surface area contributed by atoms with E-state index in [9.17, 15) is 5.11 Å². The van der Waals surface area contributed by atoms with Crippen molar-refractivity contribution >= 4 is 0 Å². The first kappa shape index (κ1) is 8.02. The molecule has 0 spiro atoms. The van der Waals surface area contributed by atoms with Gasteiger partial charge in [0.15, 0.2) is 0 Å². The van der Waals surface area contributed by atoms with Crippen LogP contribution in [0.5, 0.6) is 0 Å². The van der Waals surface area contributed by atoms with Crippen molar-refractivity contribution in [2.24, 2.45) is 11.7 Å². The molecule has 0 aromatic rings. The van der Waals surface area contributed by atoms with Crippen LogP contribution in [0.25, 0.3) is 0 Å². The standard InChI is InChI=1S/C8H17NO/c1-6(9)7-4-2-3-5-8(7)10/h6-8,10H,2-5,9H2,1H3. The molecule has 60 valence electrons. The molecule has 0 heterocycles. The molecule has 1 aliphatic carbocycles. The van der Waals surface area contributed by atoms with Gasteiger partial charge in [-0.05, 0) is 25.7 Å². The van der Waals surface area contributed by atoms with E-state index in [1.165, 1.54) is 12.8 Å². The molecule has 1 rings (SSSR count). The molecule has 2 nitrogen and oxygen atoms in total. The van der Waals surface area contributed by atoms with Gasteiger partial charge in [0.25, 0.3) is 0 Å². The van der Waals surface area contributed by atoms with E-state index in [-0.39, 0.29) is 12.1 Å². The Morgan fingerprint density at radius 2 is 2.00 bits per heavy atom. The van der Waals surface area contributed by atoms with Gasteiger partial charge >= 0.3 is 0 Å². The highest BCUT2D eigenvalue weighted by molar-refractivity contribution is 4.79. The Hall–Kier alpha value is -0.0800. The van der Waals surface area contributed by atoms with Gasteiger partial charge in [-0.3, -0.25) is 0 Å². The van der Waals surface area contributed by atoms with Gasteiger partial charge in [0.05, 0.1) is 6.10 Å². The third-order valence-electron chi connectivity index (χ3n) is 2.46. The second-order valence-corrected chi connectivity index (χ2v) is 3.37. The highest BCUT2D eigenvalue weighted by Crippen LogP contribution is 2.25. The van der Waals surface area contributed by atoms with Crippen LogP contribution in [0.2, 0.25) is 0 Å². The smallest absolute Gasteiger partial charge is 0.0583 e. The Labute approximate surface area is 62.4 Å². The largest absolute Gasteiger partial charge is 0.393 e. The van der Waals surface area contributed by atoms with Crippen LogP contribution >= 0.6 is 0 Å². The van der Waals surface area contributed by atoms with Crippen molar-refractivity contribution in [3.05, 3.63) is 0 Å². The number of aliphatic hydroxyl groups excluding tert-OH is 1. The highest BCUT2D eigenvalue weighted by Gasteiger charge is 2.25. The van der Waals surface area contributed by atoms with Gasteiger partial charge in [-0.25, -0.2) is 0 Å². The molecule has 0 radical (unpaired) electrons. The molecule has 1 fully saturated rings. The molecule has 1 aliphatic rings. The lowest BCUT2D eigenvalue weighted by Crippen LogP contribution is -2.37. The minimum atomic E-state index is -0.131. The predicted octanol–water partition coefficient (Wildman–Crippen LogP) is 0.885.